The topological polar surface area (TPSA) is 737 Å². The van der Waals surface area contributed by atoms with Crippen LogP contribution in [0.3, 0.4) is 0 Å². The molecule has 0 saturated carbocycles. The summed E-state index contributed by atoms with van der Waals surface area (Å²) >= 11 is 0. The number of carbonyl (C=O) groups is 5. The van der Waals surface area contributed by atoms with Crippen LogP contribution in [0.2, 0.25) is 0 Å². The number of rotatable bonds is 28. The third-order valence-electron chi connectivity index (χ3n) is 19.2. The lowest BCUT2D eigenvalue weighted by molar-refractivity contribution is -0.400. The number of aliphatic hydroxyl groups is 22. The summed E-state index contributed by atoms with van der Waals surface area (Å²) in [6, 6.07) is -7.08. The van der Waals surface area contributed by atoms with E-state index in [1.54, 1.807) is 0 Å². The van der Waals surface area contributed by atoms with Crippen LogP contribution in [0, 0.1) is 0 Å². The summed E-state index contributed by atoms with van der Waals surface area (Å²) in [7, 11) is 0. The molecule has 1 unspecified atom stereocenters. The molecule has 0 aromatic carbocycles. The fourth-order valence-corrected chi connectivity index (χ4v) is 13.7. The highest BCUT2D eigenvalue weighted by Crippen LogP contribution is 2.41. The van der Waals surface area contributed by atoms with Crippen LogP contribution in [0.25, 0.3) is 0 Å². The van der Waals surface area contributed by atoms with Gasteiger partial charge >= 0.3 is 5.97 Å². The van der Waals surface area contributed by atoms with Gasteiger partial charge in [0.2, 0.25) is 23.6 Å². The zero-order valence-corrected chi connectivity index (χ0v) is 57.2. The van der Waals surface area contributed by atoms with Gasteiger partial charge in [-0.25, -0.2) is 4.79 Å². The predicted molar refractivity (Wildman–Crippen MR) is 327 cm³/mol. The predicted octanol–water partition coefficient (Wildman–Crippen LogP) is -17.6. The lowest BCUT2D eigenvalue weighted by Gasteiger charge is -2.51. The van der Waals surface area contributed by atoms with E-state index in [4.69, 9.17) is 71.1 Å². The maximum Gasteiger partial charge on any atom is 0.364 e. The molecule has 8 fully saturated rings. The van der Waals surface area contributed by atoms with Crippen molar-refractivity contribution in [2.45, 2.75) is 292 Å². The molecule has 612 valence electrons. The molecule has 0 spiro atoms. The molecule has 47 nitrogen and oxygen atoms in total. The molecule has 27 N–H and O–H groups in total. The first-order valence-electron chi connectivity index (χ1n) is 33.6. The lowest BCUT2D eigenvalue weighted by Crippen LogP contribution is -2.71. The van der Waals surface area contributed by atoms with Gasteiger partial charge in [0.25, 0.3) is 5.79 Å². The summed E-state index contributed by atoms with van der Waals surface area (Å²) < 4.78 is 88.0. The number of aliphatic carboxylic acids is 1. The fourth-order valence-electron chi connectivity index (χ4n) is 13.7. The number of hydrogen-bond acceptors (Lipinski definition) is 42. The van der Waals surface area contributed by atoms with Crippen molar-refractivity contribution >= 4 is 29.6 Å². The maximum atomic E-state index is 13.2. The van der Waals surface area contributed by atoms with Crippen molar-refractivity contribution in [2.75, 3.05) is 46.2 Å². The molecule has 0 aromatic rings. The van der Waals surface area contributed by atoms with Crippen LogP contribution in [0.15, 0.2) is 0 Å². The van der Waals surface area contributed by atoms with E-state index in [9.17, 15) is 141 Å². The van der Waals surface area contributed by atoms with Crippen molar-refractivity contribution in [3.05, 3.63) is 0 Å². The van der Waals surface area contributed by atoms with Gasteiger partial charge < -0.3 is 210 Å². The van der Waals surface area contributed by atoms with E-state index in [0.717, 1.165) is 27.7 Å². The van der Waals surface area contributed by atoms with Crippen molar-refractivity contribution in [1.29, 1.82) is 0 Å². The van der Waals surface area contributed by atoms with Crippen molar-refractivity contribution < 1.29 is 212 Å². The minimum atomic E-state index is -3.28. The monoisotopic (exact) mass is 1550 g/mol. The molecule has 0 bridgehead atoms. The molecule has 8 saturated heterocycles. The number of amides is 4. The van der Waals surface area contributed by atoms with E-state index in [1.807, 2.05) is 0 Å². The smallest absolute Gasteiger partial charge is 0.364 e. The molecule has 0 aromatic heterocycles. The SMILES string of the molecule is CC(=O)N[C@H]1[C@H](O[C@H]2[C@H](O)[C@@H](NC(C)=O)C(O)O[C@@H]2C)O[C@H](CO)[C@@H](O[C@@H]2O[C@H](CO[C@H]3O[C@H](CO)[C@@H](O)[C@H](O)[C@@H]3O)[C@@H](O)[C@H](O[C@H]3O[C@H](CO)[C@@H](O)[C@H](O)[C@@H]3O[C@H]3O[C@H](CO)[C@@H](O[C@@H]4O[C@H](CO)[C@H](O)[C@H](O[C@]5(C(=O)O)C[C@H](O)[C@@H](NC(C)=O)[C@H]([C@H](O)[C@H](O)CO)O5)[C@H]4O)[C@H](O)[C@H]3NC(C)=O)[C@@H]2O)[C@@H]1O. The standard InChI is InChI=1S/C59H98N4O43/c1-14-44(36(81)28(51(89)93-14)61-16(3)71)100-52-29(62-17(4)72)37(82)45(24(11-68)97-52)101-55-42(87)48(35(80)26(99-55)13-92-54-41(86)39(84)32(77)21(8-65)94-54)103-57-50(40(85)33(78)22(9-66)96-57)104-53-30(63-18(5)73)38(83)46(25(12-69)98-53)102-56-43(88)49(34(79)23(10-67)95-56)106-59(58(90)91)6-19(74)27(60-15(2)70)47(105-59)31(76)20(75)7-64/h14,19-57,64-69,74-89H,6-13H2,1-5H3,(H,60,70)(H,61,71)(H,62,72)(H,63,73)(H,90,91)/t14-,19+,20-,21-,22-,23-,24-,25-,26-,27-,28-,29-,30-,31-,32-,33-,34+,35-,36-,37-,38-,39+,40+,41+,42+,43-,44-,45-,46-,47-,48+,49+,50+,51?,52+,53-,54+,55+,56+,57-,59+/m1/s1. The minimum absolute atomic E-state index is 0.714. The Balaban J connectivity index is 1.08. The highest BCUT2D eigenvalue weighted by Gasteiger charge is 2.63. The molecule has 106 heavy (non-hydrogen) atoms. The van der Waals surface area contributed by atoms with Crippen LogP contribution in [0.5, 0.6) is 0 Å². The Bertz CT molecular complexity index is 2850. The lowest BCUT2D eigenvalue weighted by atomic mass is 9.88. The van der Waals surface area contributed by atoms with Crippen LogP contribution in [0.4, 0.5) is 0 Å². The van der Waals surface area contributed by atoms with E-state index in [2.05, 4.69) is 21.3 Å². The number of nitrogens with one attached hydrogen (secondary N) is 4. The Hall–Kier alpha value is -4.13. The van der Waals surface area contributed by atoms with Gasteiger partial charge in [-0.2, -0.15) is 0 Å². The second-order valence-electron chi connectivity index (χ2n) is 26.8. The molecule has 0 radical (unpaired) electrons. The highest BCUT2D eigenvalue weighted by atomic mass is 16.8. The van der Waals surface area contributed by atoms with E-state index >= 15 is 0 Å². The second kappa shape index (κ2) is 37.5. The molecular weight excluding hydrogens is 1450 g/mol. The summed E-state index contributed by atoms with van der Waals surface area (Å²) in [4.78, 5) is 63.3. The van der Waals surface area contributed by atoms with Gasteiger partial charge in [0.05, 0.1) is 64.5 Å². The van der Waals surface area contributed by atoms with Gasteiger partial charge in [-0.1, -0.05) is 0 Å². The largest absolute Gasteiger partial charge is 0.477 e. The Labute approximate surface area is 600 Å². The van der Waals surface area contributed by atoms with E-state index < -0.39 is 333 Å². The van der Waals surface area contributed by atoms with Crippen LogP contribution in [-0.2, 0) is 95.0 Å². The Morgan fingerprint density at radius 1 is 0.406 bits per heavy atom. The molecule has 8 aliphatic heterocycles. The zero-order chi connectivity index (χ0) is 78.6. The van der Waals surface area contributed by atoms with Crippen LogP contribution < -0.4 is 21.3 Å². The molecule has 8 rings (SSSR count). The maximum absolute atomic E-state index is 13.2. The Morgan fingerprint density at radius 3 is 1.29 bits per heavy atom. The Kier molecular flexibility index (Phi) is 30.9. The first-order chi connectivity index (χ1) is 49.9. The van der Waals surface area contributed by atoms with Gasteiger partial charge in [-0.05, 0) is 6.92 Å². The third-order valence-corrected chi connectivity index (χ3v) is 19.2. The normalized spacial score (nSPS) is 47.2. The molecular formula is C59H98N4O43. The Morgan fingerprint density at radius 2 is 0.802 bits per heavy atom. The third kappa shape index (κ3) is 19.1. The minimum Gasteiger partial charge on any atom is -0.477 e. The first kappa shape index (κ1) is 87.4. The molecule has 4 amide bonds. The van der Waals surface area contributed by atoms with Gasteiger partial charge in [0.1, 0.15) is 183 Å². The number of hydrogen-bond donors (Lipinski definition) is 27. The first-order valence-corrected chi connectivity index (χ1v) is 33.6. The van der Waals surface area contributed by atoms with E-state index in [0.29, 0.717) is 0 Å². The van der Waals surface area contributed by atoms with Gasteiger partial charge in [-0.15, -0.1) is 0 Å². The van der Waals surface area contributed by atoms with Gasteiger partial charge in [0, 0.05) is 34.1 Å². The summed E-state index contributed by atoms with van der Waals surface area (Å²) in [6.07, 6.45) is -76.5. The van der Waals surface area contributed by atoms with Crippen molar-refractivity contribution in [1.82, 2.24) is 21.3 Å². The summed E-state index contributed by atoms with van der Waals surface area (Å²) in [5, 5.41) is 264. The summed E-state index contributed by atoms with van der Waals surface area (Å²) in [5.41, 5.74) is 0. The van der Waals surface area contributed by atoms with E-state index in [1.165, 1.54) is 6.92 Å². The van der Waals surface area contributed by atoms with Gasteiger partial charge in [-0.3, -0.25) is 19.2 Å². The summed E-state index contributed by atoms with van der Waals surface area (Å²) in [6.45, 7) is -2.65. The van der Waals surface area contributed by atoms with Crippen LogP contribution >= 0.6 is 0 Å². The highest BCUT2D eigenvalue weighted by molar-refractivity contribution is 5.77. The van der Waals surface area contributed by atoms with Gasteiger partial charge in [0.15, 0.2) is 44.0 Å². The quantitative estimate of drug-likeness (QED) is 0.0346. The van der Waals surface area contributed by atoms with Crippen LogP contribution in [-0.4, -0.2) is 444 Å². The average molecular weight is 1550 g/mol. The fraction of sp³-hybridized carbons (Fsp3) is 0.915. The van der Waals surface area contributed by atoms with Crippen molar-refractivity contribution in [2.24, 2.45) is 0 Å². The van der Waals surface area contributed by atoms with E-state index in [-0.39, 0.29) is 0 Å². The number of carboxylic acid groups (broad SMARTS) is 1. The molecule has 0 aliphatic carbocycles. The zero-order valence-electron chi connectivity index (χ0n) is 57.2. The number of ether oxygens (including phenoxy) is 15. The number of carboxylic acids is 1. The second-order valence-corrected chi connectivity index (χ2v) is 26.8. The molecule has 47 heteroatoms. The average Bonchev–Trinajstić information content (AvgIpc) is 0.752. The van der Waals surface area contributed by atoms with Crippen LogP contribution in [0.1, 0.15) is 41.0 Å². The molecule has 41 atom stereocenters. The number of aliphatic hydroxyl groups excluding tert-OH is 22. The molecule has 8 heterocycles. The van der Waals surface area contributed by atoms with Crippen molar-refractivity contribution in [3.63, 3.8) is 0 Å². The molecule has 8 aliphatic rings. The summed E-state index contributed by atoms with van der Waals surface area (Å²) in [5.74, 6) is -8.87. The van der Waals surface area contributed by atoms with Crippen molar-refractivity contribution in [3.8, 4) is 0 Å². The number of carbonyl (C=O) groups excluding carboxylic acids is 4.